The summed E-state index contributed by atoms with van der Waals surface area (Å²) in [4.78, 5) is 16.9. The summed E-state index contributed by atoms with van der Waals surface area (Å²) in [5.41, 5.74) is 1.57. The van der Waals surface area contributed by atoms with Crippen LogP contribution in [0.25, 0.3) is 0 Å². The Balaban J connectivity index is 1.89. The standard InChI is InChI=1S/C12H11N5O2S/c1-6-15-10(17-19-6)11(18)16-12-8(4-13)7-2-3-14-5-9(7)20-12/h14H,2-3,5H2,1H3,(H,16,18). The number of hydrogen-bond donors (Lipinski definition) is 2. The molecule has 0 aliphatic carbocycles. The molecule has 1 aliphatic heterocycles. The van der Waals surface area contributed by atoms with Crippen LogP contribution in [0.2, 0.25) is 0 Å². The number of fused-ring (bicyclic) bond motifs is 1. The second-order valence-electron chi connectivity index (χ2n) is 4.34. The Morgan fingerprint density at radius 1 is 1.60 bits per heavy atom. The summed E-state index contributed by atoms with van der Waals surface area (Å²) >= 11 is 1.41. The average molecular weight is 289 g/mol. The van der Waals surface area contributed by atoms with Gasteiger partial charge in [0, 0.05) is 18.3 Å². The van der Waals surface area contributed by atoms with Crippen LogP contribution in [0.3, 0.4) is 0 Å². The molecule has 3 heterocycles. The zero-order chi connectivity index (χ0) is 14.1. The maximum absolute atomic E-state index is 12.0. The predicted molar refractivity (Wildman–Crippen MR) is 71.4 cm³/mol. The van der Waals surface area contributed by atoms with Crippen LogP contribution in [0, 0.1) is 18.3 Å². The van der Waals surface area contributed by atoms with Gasteiger partial charge in [0.25, 0.3) is 11.7 Å². The fourth-order valence-corrected chi connectivity index (χ4v) is 3.25. The van der Waals surface area contributed by atoms with E-state index in [0.717, 1.165) is 30.0 Å². The third-order valence-electron chi connectivity index (χ3n) is 3.00. The van der Waals surface area contributed by atoms with Crippen molar-refractivity contribution in [2.75, 3.05) is 11.9 Å². The largest absolute Gasteiger partial charge is 0.339 e. The summed E-state index contributed by atoms with van der Waals surface area (Å²) < 4.78 is 4.77. The van der Waals surface area contributed by atoms with E-state index in [1.807, 2.05) is 0 Å². The van der Waals surface area contributed by atoms with Crippen molar-refractivity contribution in [2.24, 2.45) is 0 Å². The van der Waals surface area contributed by atoms with Crippen LogP contribution in [0.15, 0.2) is 4.52 Å². The van der Waals surface area contributed by atoms with Crippen molar-refractivity contribution in [1.29, 1.82) is 5.26 Å². The molecule has 7 nitrogen and oxygen atoms in total. The van der Waals surface area contributed by atoms with Gasteiger partial charge in [-0.05, 0) is 18.5 Å². The van der Waals surface area contributed by atoms with Crippen LogP contribution < -0.4 is 10.6 Å². The molecule has 1 amide bonds. The van der Waals surface area contributed by atoms with Gasteiger partial charge < -0.3 is 15.2 Å². The van der Waals surface area contributed by atoms with Gasteiger partial charge in [0.2, 0.25) is 5.89 Å². The fourth-order valence-electron chi connectivity index (χ4n) is 2.09. The van der Waals surface area contributed by atoms with Crippen LogP contribution in [-0.2, 0) is 13.0 Å². The van der Waals surface area contributed by atoms with Crippen molar-refractivity contribution in [1.82, 2.24) is 15.5 Å². The lowest BCUT2D eigenvalue weighted by molar-refractivity contribution is 0.101. The number of carbonyl (C=O) groups excluding carboxylic acids is 1. The predicted octanol–water partition coefficient (Wildman–Crippen LogP) is 1.21. The van der Waals surface area contributed by atoms with Crippen molar-refractivity contribution >= 4 is 22.2 Å². The number of aryl methyl sites for hydroxylation is 1. The van der Waals surface area contributed by atoms with E-state index in [0.29, 0.717) is 16.5 Å². The molecule has 0 bridgehead atoms. The molecule has 0 spiro atoms. The first kappa shape index (κ1) is 12.8. The maximum Gasteiger partial charge on any atom is 0.297 e. The number of carbonyl (C=O) groups is 1. The summed E-state index contributed by atoms with van der Waals surface area (Å²) in [5.74, 6) is -0.175. The maximum atomic E-state index is 12.0. The second kappa shape index (κ2) is 5.03. The number of nitrogens with zero attached hydrogens (tertiary/aromatic N) is 3. The molecule has 0 unspecified atom stereocenters. The number of amides is 1. The van der Waals surface area contributed by atoms with Gasteiger partial charge in [-0.3, -0.25) is 4.79 Å². The molecule has 102 valence electrons. The average Bonchev–Trinajstić information content (AvgIpc) is 3.01. The summed E-state index contributed by atoms with van der Waals surface area (Å²) in [5, 5.41) is 19.3. The highest BCUT2D eigenvalue weighted by atomic mass is 32.1. The van der Waals surface area contributed by atoms with E-state index >= 15 is 0 Å². The van der Waals surface area contributed by atoms with Gasteiger partial charge in [0.1, 0.15) is 11.1 Å². The normalized spacial score (nSPS) is 13.6. The fraction of sp³-hybridized carbons (Fsp3) is 0.333. The zero-order valence-corrected chi connectivity index (χ0v) is 11.5. The van der Waals surface area contributed by atoms with Crippen LogP contribution >= 0.6 is 11.3 Å². The first-order valence-corrected chi connectivity index (χ1v) is 6.87. The number of nitriles is 1. The molecule has 20 heavy (non-hydrogen) atoms. The minimum atomic E-state index is -0.468. The third kappa shape index (κ3) is 2.17. The van der Waals surface area contributed by atoms with Gasteiger partial charge in [0.15, 0.2) is 0 Å². The Labute approximate surface area is 118 Å². The van der Waals surface area contributed by atoms with Gasteiger partial charge in [-0.2, -0.15) is 10.2 Å². The van der Waals surface area contributed by atoms with Crippen LogP contribution in [0.4, 0.5) is 5.00 Å². The monoisotopic (exact) mass is 289 g/mol. The van der Waals surface area contributed by atoms with Crippen LogP contribution in [-0.4, -0.2) is 22.6 Å². The smallest absolute Gasteiger partial charge is 0.297 e. The Morgan fingerprint density at radius 3 is 3.15 bits per heavy atom. The lowest BCUT2D eigenvalue weighted by Gasteiger charge is -2.11. The summed E-state index contributed by atoms with van der Waals surface area (Å²) in [7, 11) is 0. The molecule has 1 aliphatic rings. The molecule has 0 fully saturated rings. The first-order valence-electron chi connectivity index (χ1n) is 6.06. The minimum Gasteiger partial charge on any atom is -0.339 e. The summed E-state index contributed by atoms with van der Waals surface area (Å²) in [6.45, 7) is 3.18. The van der Waals surface area contributed by atoms with E-state index in [-0.39, 0.29) is 5.82 Å². The van der Waals surface area contributed by atoms with Crippen LogP contribution in [0.5, 0.6) is 0 Å². The topological polar surface area (TPSA) is 104 Å². The molecular formula is C12H11N5O2S. The Hall–Kier alpha value is -2.24. The van der Waals surface area contributed by atoms with Gasteiger partial charge in [-0.1, -0.05) is 5.16 Å². The molecule has 0 atom stereocenters. The quantitative estimate of drug-likeness (QED) is 0.861. The zero-order valence-electron chi connectivity index (χ0n) is 10.7. The highest BCUT2D eigenvalue weighted by molar-refractivity contribution is 7.16. The van der Waals surface area contributed by atoms with Crippen molar-refractivity contribution in [3.8, 4) is 6.07 Å². The van der Waals surface area contributed by atoms with E-state index in [9.17, 15) is 10.1 Å². The van der Waals surface area contributed by atoms with Gasteiger partial charge >= 0.3 is 0 Å². The molecule has 0 aromatic carbocycles. The van der Waals surface area contributed by atoms with E-state index in [4.69, 9.17) is 4.52 Å². The molecule has 0 saturated heterocycles. The molecule has 2 aromatic rings. The van der Waals surface area contributed by atoms with E-state index < -0.39 is 5.91 Å². The number of hydrogen-bond acceptors (Lipinski definition) is 7. The second-order valence-corrected chi connectivity index (χ2v) is 5.44. The lowest BCUT2D eigenvalue weighted by atomic mass is 10.1. The highest BCUT2D eigenvalue weighted by Crippen LogP contribution is 2.34. The van der Waals surface area contributed by atoms with E-state index in [2.05, 4.69) is 26.8 Å². The number of anilines is 1. The van der Waals surface area contributed by atoms with Gasteiger partial charge in [-0.25, -0.2) is 0 Å². The molecule has 8 heteroatoms. The summed E-state index contributed by atoms with van der Waals surface area (Å²) in [6, 6.07) is 2.17. The summed E-state index contributed by atoms with van der Waals surface area (Å²) in [6.07, 6.45) is 0.798. The van der Waals surface area contributed by atoms with Crippen molar-refractivity contribution in [3.05, 3.63) is 27.7 Å². The van der Waals surface area contributed by atoms with Crippen LogP contribution in [0.1, 0.15) is 32.5 Å². The molecule has 0 saturated carbocycles. The van der Waals surface area contributed by atoms with Crippen molar-refractivity contribution in [2.45, 2.75) is 19.9 Å². The van der Waals surface area contributed by atoms with Crippen molar-refractivity contribution < 1.29 is 9.32 Å². The molecular weight excluding hydrogens is 278 g/mol. The number of aromatic nitrogens is 2. The SMILES string of the molecule is Cc1nc(C(=O)Nc2sc3c(c2C#N)CCNC3)no1. The molecule has 2 aromatic heterocycles. The highest BCUT2D eigenvalue weighted by Gasteiger charge is 2.23. The third-order valence-corrected chi connectivity index (χ3v) is 4.14. The number of thiophene rings is 1. The molecule has 3 rings (SSSR count). The number of nitrogens with one attached hydrogen (secondary N) is 2. The first-order chi connectivity index (χ1) is 9.69. The Kier molecular flexibility index (Phi) is 3.22. The molecule has 2 N–H and O–H groups in total. The minimum absolute atomic E-state index is 0.0316. The Bertz CT molecular complexity index is 712. The Morgan fingerprint density at radius 2 is 2.45 bits per heavy atom. The number of rotatable bonds is 2. The van der Waals surface area contributed by atoms with Gasteiger partial charge in [0.05, 0.1) is 5.56 Å². The van der Waals surface area contributed by atoms with Gasteiger partial charge in [-0.15, -0.1) is 11.3 Å². The van der Waals surface area contributed by atoms with E-state index in [1.54, 1.807) is 6.92 Å². The lowest BCUT2D eigenvalue weighted by Crippen LogP contribution is -2.22. The van der Waals surface area contributed by atoms with E-state index in [1.165, 1.54) is 11.3 Å². The van der Waals surface area contributed by atoms with Crippen molar-refractivity contribution in [3.63, 3.8) is 0 Å². The molecule has 0 radical (unpaired) electrons.